The van der Waals surface area contributed by atoms with E-state index in [1.807, 2.05) is 0 Å². The molecule has 0 fully saturated rings. The van der Waals surface area contributed by atoms with Gasteiger partial charge in [-0.2, -0.15) is 8.42 Å². The molecule has 82 valence electrons. The molecule has 0 aliphatic heterocycles. The topological polar surface area (TPSA) is 89.6 Å². The Morgan fingerprint density at radius 3 is 1.69 bits per heavy atom. The van der Waals surface area contributed by atoms with Crippen LogP contribution >= 0.6 is 0 Å². The minimum Gasteiger partial charge on any atom is -0.330 e. The van der Waals surface area contributed by atoms with Gasteiger partial charge in [0, 0.05) is 0 Å². The van der Waals surface area contributed by atoms with Gasteiger partial charge in [-0.05, 0) is 18.4 Å². The van der Waals surface area contributed by atoms with E-state index in [2.05, 4.69) is 25.0 Å². The average Bonchev–Trinajstić information content (AvgIpc) is 1.84. The fraction of sp³-hybridized carbons (Fsp3) is 1.00. The van der Waals surface area contributed by atoms with Crippen molar-refractivity contribution in [3.05, 3.63) is 0 Å². The van der Waals surface area contributed by atoms with Crippen molar-refractivity contribution >= 4 is 10.4 Å². The van der Waals surface area contributed by atoms with Crippen LogP contribution in [-0.4, -0.2) is 26.6 Å². The summed E-state index contributed by atoms with van der Waals surface area (Å²) in [6, 6.07) is 0. The Morgan fingerprint density at radius 1 is 1.38 bits per heavy atom. The van der Waals surface area contributed by atoms with E-state index in [4.69, 9.17) is 10.3 Å². The lowest BCUT2D eigenvalue weighted by Crippen LogP contribution is -2.12. The summed E-state index contributed by atoms with van der Waals surface area (Å²) in [5.74, 6) is 0. The minimum absolute atomic E-state index is 0.425. The maximum atomic E-state index is 9.33. The van der Waals surface area contributed by atoms with E-state index >= 15 is 0 Å². The Balaban J connectivity index is 0. The van der Waals surface area contributed by atoms with Gasteiger partial charge in [0.1, 0.15) is 0 Å². The van der Waals surface area contributed by atoms with Crippen LogP contribution in [-0.2, 0) is 14.6 Å². The zero-order chi connectivity index (χ0) is 11.1. The molecule has 0 heterocycles. The van der Waals surface area contributed by atoms with Gasteiger partial charge in [-0.25, -0.2) is 0 Å². The third-order valence-electron chi connectivity index (χ3n) is 1.10. The fourth-order valence-corrected chi connectivity index (χ4v) is 0.433. The van der Waals surface area contributed by atoms with Gasteiger partial charge >= 0.3 is 10.4 Å². The Hall–Kier alpha value is -0.170. The molecule has 0 rings (SSSR count). The Kier molecular flexibility index (Phi) is 7.43. The van der Waals surface area contributed by atoms with E-state index in [-0.39, 0.29) is 0 Å². The van der Waals surface area contributed by atoms with Crippen molar-refractivity contribution in [2.24, 2.45) is 11.1 Å². The molecule has 3 N–H and O–H groups in total. The molecule has 0 aromatic carbocycles. The molecule has 0 radical (unpaired) electrons. The first-order valence-electron chi connectivity index (χ1n) is 3.85. The van der Waals surface area contributed by atoms with Gasteiger partial charge in [0.15, 0.2) is 0 Å². The molecule has 0 aromatic heterocycles. The first-order valence-corrected chi connectivity index (χ1v) is 5.22. The summed E-state index contributed by atoms with van der Waals surface area (Å²) >= 11 is 0. The van der Waals surface area contributed by atoms with Gasteiger partial charge in [0.05, 0.1) is 7.11 Å². The largest absolute Gasteiger partial charge is 0.397 e. The summed E-state index contributed by atoms with van der Waals surface area (Å²) in [5, 5.41) is 0. The normalized spacial score (nSPS) is 11.8. The second kappa shape index (κ2) is 6.31. The van der Waals surface area contributed by atoms with Crippen molar-refractivity contribution < 1.29 is 17.2 Å². The highest BCUT2D eigenvalue weighted by Gasteiger charge is 2.06. The molecule has 0 saturated heterocycles. The van der Waals surface area contributed by atoms with Crippen LogP contribution in [0.3, 0.4) is 0 Å². The van der Waals surface area contributed by atoms with Crippen LogP contribution in [0.5, 0.6) is 0 Å². The van der Waals surface area contributed by atoms with Crippen molar-refractivity contribution in [3.8, 4) is 0 Å². The quantitative estimate of drug-likeness (QED) is 0.663. The maximum absolute atomic E-state index is 9.33. The SMILES string of the molecule is CC(C)(C)CCN.COS(=O)(=O)O. The third-order valence-corrected chi connectivity index (χ3v) is 1.53. The van der Waals surface area contributed by atoms with Gasteiger partial charge < -0.3 is 5.73 Å². The van der Waals surface area contributed by atoms with E-state index < -0.39 is 10.4 Å². The molecule has 0 amide bonds. The molecule has 0 bridgehead atoms. The molecule has 0 atom stereocenters. The van der Waals surface area contributed by atoms with Crippen LogP contribution in [0.1, 0.15) is 27.2 Å². The number of rotatable bonds is 2. The Bertz CT molecular complexity index is 205. The lowest BCUT2D eigenvalue weighted by atomic mass is 9.93. The van der Waals surface area contributed by atoms with Crippen LogP contribution in [0.2, 0.25) is 0 Å². The molecule has 0 saturated carbocycles. The zero-order valence-corrected chi connectivity index (χ0v) is 9.39. The van der Waals surface area contributed by atoms with Gasteiger partial charge in [0.25, 0.3) is 0 Å². The highest BCUT2D eigenvalue weighted by atomic mass is 32.3. The highest BCUT2D eigenvalue weighted by Crippen LogP contribution is 2.15. The number of nitrogens with two attached hydrogens (primary N) is 1. The van der Waals surface area contributed by atoms with Gasteiger partial charge in [-0.1, -0.05) is 20.8 Å². The van der Waals surface area contributed by atoms with E-state index in [0.29, 0.717) is 5.41 Å². The van der Waals surface area contributed by atoms with Crippen LogP contribution < -0.4 is 5.73 Å². The second-order valence-electron chi connectivity index (χ2n) is 3.69. The van der Waals surface area contributed by atoms with Gasteiger partial charge in [-0.3, -0.25) is 8.74 Å². The smallest absolute Gasteiger partial charge is 0.330 e. The van der Waals surface area contributed by atoms with E-state index in [1.165, 1.54) is 0 Å². The van der Waals surface area contributed by atoms with Crippen molar-refractivity contribution in [1.29, 1.82) is 0 Å². The van der Waals surface area contributed by atoms with Crippen molar-refractivity contribution in [3.63, 3.8) is 0 Å². The summed E-state index contributed by atoms with van der Waals surface area (Å²) in [6.07, 6.45) is 1.12. The highest BCUT2D eigenvalue weighted by molar-refractivity contribution is 7.80. The molecular weight excluding hydrogens is 194 g/mol. The first-order chi connectivity index (χ1) is 5.62. The minimum atomic E-state index is -4.16. The third kappa shape index (κ3) is 24.5. The molecule has 0 spiro atoms. The molecule has 13 heavy (non-hydrogen) atoms. The number of hydrogen-bond acceptors (Lipinski definition) is 4. The van der Waals surface area contributed by atoms with Crippen molar-refractivity contribution in [2.75, 3.05) is 13.7 Å². The van der Waals surface area contributed by atoms with Crippen molar-refractivity contribution in [1.82, 2.24) is 0 Å². The molecule has 0 unspecified atom stereocenters. The molecule has 0 aromatic rings. The summed E-state index contributed by atoms with van der Waals surface area (Å²) in [4.78, 5) is 0. The van der Waals surface area contributed by atoms with Crippen molar-refractivity contribution in [2.45, 2.75) is 27.2 Å². The second-order valence-corrected chi connectivity index (χ2v) is 4.88. The predicted molar refractivity (Wildman–Crippen MR) is 51.7 cm³/mol. The van der Waals surface area contributed by atoms with Crippen LogP contribution in [0.25, 0.3) is 0 Å². The lowest BCUT2D eigenvalue weighted by molar-refractivity contribution is 0.324. The molecule has 0 aliphatic carbocycles. The van der Waals surface area contributed by atoms with Crippen LogP contribution in [0.15, 0.2) is 0 Å². The molecule has 0 aliphatic rings. The van der Waals surface area contributed by atoms with E-state index in [9.17, 15) is 8.42 Å². The summed E-state index contributed by atoms with van der Waals surface area (Å²) in [7, 11) is -3.29. The summed E-state index contributed by atoms with van der Waals surface area (Å²) in [5.41, 5.74) is 5.74. The first kappa shape index (κ1) is 15.3. The molecular formula is C7H19NO4S. The van der Waals surface area contributed by atoms with Gasteiger partial charge in [-0.15, -0.1) is 0 Å². The number of hydrogen-bond donors (Lipinski definition) is 2. The predicted octanol–water partition coefficient (Wildman–Crippen LogP) is 0.817. The van der Waals surface area contributed by atoms with Crippen LogP contribution in [0, 0.1) is 5.41 Å². The summed E-state index contributed by atoms with van der Waals surface area (Å²) < 4.78 is 29.7. The lowest BCUT2D eigenvalue weighted by Gasteiger charge is -2.15. The summed E-state index contributed by atoms with van der Waals surface area (Å²) in [6.45, 7) is 7.39. The van der Waals surface area contributed by atoms with E-state index in [0.717, 1.165) is 20.1 Å². The Morgan fingerprint density at radius 2 is 1.69 bits per heavy atom. The van der Waals surface area contributed by atoms with Crippen LogP contribution in [0.4, 0.5) is 0 Å². The molecule has 5 nitrogen and oxygen atoms in total. The maximum Gasteiger partial charge on any atom is 0.397 e. The standard InChI is InChI=1S/C6H15N.CH4O4S/c1-6(2,3)4-5-7;1-5-6(2,3)4/h4-5,7H2,1-3H3;1H3,(H,2,3,4). The fourth-order valence-electron chi connectivity index (χ4n) is 0.433. The average molecular weight is 213 g/mol. The molecule has 6 heteroatoms. The van der Waals surface area contributed by atoms with Gasteiger partial charge in [0.2, 0.25) is 0 Å². The Labute approximate surface area is 80.2 Å². The monoisotopic (exact) mass is 213 g/mol. The van der Waals surface area contributed by atoms with E-state index in [1.54, 1.807) is 0 Å². The zero-order valence-electron chi connectivity index (χ0n) is 8.57.